The number of methoxy groups -OCH3 is 1. The number of morpholine rings is 1. The number of fused-ring (bicyclic) bond motifs is 1. The van der Waals surface area contributed by atoms with Crippen molar-refractivity contribution in [3.63, 3.8) is 0 Å². The third-order valence-corrected chi connectivity index (χ3v) is 8.08. The number of imidazole rings is 1. The molecule has 7 nitrogen and oxygen atoms in total. The van der Waals surface area contributed by atoms with E-state index in [-0.39, 0.29) is 11.9 Å². The van der Waals surface area contributed by atoms with E-state index in [0.29, 0.717) is 0 Å². The zero-order valence-corrected chi connectivity index (χ0v) is 22.4. The minimum atomic E-state index is 0.136. The normalized spacial score (nSPS) is 21.1. The van der Waals surface area contributed by atoms with E-state index in [2.05, 4.69) is 39.0 Å². The van der Waals surface area contributed by atoms with Crippen molar-refractivity contribution < 1.29 is 14.3 Å². The first-order chi connectivity index (χ1) is 18.6. The molecule has 6 rings (SSSR count). The van der Waals surface area contributed by atoms with E-state index >= 15 is 0 Å². The minimum absolute atomic E-state index is 0.136. The van der Waals surface area contributed by atoms with Gasteiger partial charge in [0.05, 0.1) is 44.1 Å². The lowest BCUT2D eigenvalue weighted by Crippen LogP contribution is -2.41. The largest absolute Gasteiger partial charge is 0.495 e. The molecule has 2 saturated heterocycles. The molecule has 2 fully saturated rings. The van der Waals surface area contributed by atoms with Crippen LogP contribution in [0.2, 0.25) is 0 Å². The fourth-order valence-electron chi connectivity index (χ4n) is 6.12. The molecule has 1 atom stereocenters. The van der Waals surface area contributed by atoms with Gasteiger partial charge in [0.1, 0.15) is 5.75 Å². The molecule has 0 saturated carbocycles. The van der Waals surface area contributed by atoms with E-state index in [1.54, 1.807) is 13.4 Å². The molecule has 3 aliphatic rings. The van der Waals surface area contributed by atoms with Crippen LogP contribution in [0.15, 0.2) is 54.5 Å². The maximum absolute atomic E-state index is 13.9. The van der Waals surface area contributed by atoms with Gasteiger partial charge >= 0.3 is 0 Å². The van der Waals surface area contributed by atoms with Gasteiger partial charge in [-0.1, -0.05) is 12.1 Å². The number of aryl methyl sites for hydroxylation is 2. The van der Waals surface area contributed by atoms with Crippen LogP contribution in [-0.4, -0.2) is 60.3 Å². The smallest absolute Gasteiger partial charge is 0.250 e. The van der Waals surface area contributed by atoms with Gasteiger partial charge in [0.25, 0.3) is 0 Å². The first kappa shape index (κ1) is 24.7. The second-order valence-corrected chi connectivity index (χ2v) is 10.5. The summed E-state index contributed by atoms with van der Waals surface area (Å²) in [5.74, 6) is 0.924. The van der Waals surface area contributed by atoms with Gasteiger partial charge in [-0.15, -0.1) is 0 Å². The number of piperidine rings is 1. The van der Waals surface area contributed by atoms with Gasteiger partial charge < -0.3 is 23.8 Å². The van der Waals surface area contributed by atoms with E-state index in [1.165, 1.54) is 16.8 Å². The van der Waals surface area contributed by atoms with Gasteiger partial charge in [-0.2, -0.15) is 0 Å². The van der Waals surface area contributed by atoms with Crippen LogP contribution in [0.3, 0.4) is 0 Å². The summed E-state index contributed by atoms with van der Waals surface area (Å²) in [5.41, 5.74) is 7.70. The summed E-state index contributed by atoms with van der Waals surface area (Å²) in [6.45, 7) is 6.16. The number of ether oxygens (including phenoxy) is 2. The predicted octanol–water partition coefficient (Wildman–Crippen LogP) is 5.11. The number of amides is 1. The lowest BCUT2D eigenvalue weighted by molar-refractivity contribution is -0.131. The van der Waals surface area contributed by atoms with Crippen molar-refractivity contribution in [1.29, 1.82) is 0 Å². The number of rotatable bonds is 5. The Kier molecular flexibility index (Phi) is 6.94. The molecule has 1 amide bonds. The van der Waals surface area contributed by atoms with Crippen LogP contribution < -0.4 is 9.64 Å². The topological polar surface area (TPSA) is 59.8 Å². The van der Waals surface area contributed by atoms with E-state index in [0.717, 1.165) is 93.2 Å². The van der Waals surface area contributed by atoms with Gasteiger partial charge in [0, 0.05) is 37.1 Å². The van der Waals surface area contributed by atoms with Crippen molar-refractivity contribution >= 4 is 17.7 Å². The number of carbonyl (C=O) groups excluding carboxylic acids is 1. The van der Waals surface area contributed by atoms with Crippen molar-refractivity contribution in [2.45, 2.75) is 45.1 Å². The molecule has 3 heterocycles. The van der Waals surface area contributed by atoms with Crippen molar-refractivity contribution in [3.05, 3.63) is 76.9 Å². The number of nitrogens with zero attached hydrogens (tertiary/aromatic N) is 4. The second-order valence-electron chi connectivity index (χ2n) is 10.5. The summed E-state index contributed by atoms with van der Waals surface area (Å²) in [5, 5.41) is 0. The SMILES string of the molecule is COc1cc(/C=C2\CCCN(C3CCCc4ccc(N5CCOCC5)cc43)C2=O)ccc1-n1cnc(C)c1. The van der Waals surface area contributed by atoms with Crippen LogP contribution in [0.4, 0.5) is 5.69 Å². The van der Waals surface area contributed by atoms with Crippen LogP contribution >= 0.6 is 0 Å². The average Bonchev–Trinajstić information content (AvgIpc) is 3.40. The highest BCUT2D eigenvalue weighted by Gasteiger charge is 2.33. The van der Waals surface area contributed by atoms with Gasteiger partial charge in [0.15, 0.2) is 0 Å². The molecule has 1 aliphatic carbocycles. The first-order valence-electron chi connectivity index (χ1n) is 13.8. The Labute approximate surface area is 224 Å². The third-order valence-electron chi connectivity index (χ3n) is 8.08. The molecule has 1 aromatic heterocycles. The number of hydrogen-bond donors (Lipinski definition) is 0. The molecule has 0 spiro atoms. The van der Waals surface area contributed by atoms with Crippen molar-refractivity contribution in [2.24, 2.45) is 0 Å². The van der Waals surface area contributed by atoms with Crippen LogP contribution in [0.5, 0.6) is 5.75 Å². The molecule has 1 unspecified atom stereocenters. The number of aromatic nitrogens is 2. The number of hydrogen-bond acceptors (Lipinski definition) is 5. The van der Waals surface area contributed by atoms with Gasteiger partial charge in [-0.25, -0.2) is 4.98 Å². The quantitative estimate of drug-likeness (QED) is 0.445. The predicted molar refractivity (Wildman–Crippen MR) is 149 cm³/mol. The standard InChI is InChI=1S/C31H36N4O3/c1-22-20-34(21-32-22)29-11-8-23(18-30(29)37-2)17-25-6-4-12-35(31(25)36)28-7-3-5-24-9-10-26(19-27(24)28)33-13-15-38-16-14-33/h8-11,17-21,28H,3-7,12-16H2,1-2H3/b25-17+. The van der Waals surface area contributed by atoms with Crippen LogP contribution in [-0.2, 0) is 16.0 Å². The maximum atomic E-state index is 13.9. The molecule has 3 aromatic rings. The summed E-state index contributed by atoms with van der Waals surface area (Å²) >= 11 is 0. The molecular weight excluding hydrogens is 476 g/mol. The maximum Gasteiger partial charge on any atom is 0.250 e. The molecule has 38 heavy (non-hydrogen) atoms. The molecule has 2 aromatic carbocycles. The Morgan fingerprint density at radius 3 is 2.71 bits per heavy atom. The average molecular weight is 513 g/mol. The molecular formula is C31H36N4O3. The zero-order valence-electron chi connectivity index (χ0n) is 22.4. The number of benzene rings is 2. The molecule has 0 radical (unpaired) electrons. The zero-order chi connectivity index (χ0) is 26.1. The van der Waals surface area contributed by atoms with Gasteiger partial charge in [-0.05, 0) is 86.1 Å². The van der Waals surface area contributed by atoms with Gasteiger partial charge in [-0.3, -0.25) is 4.79 Å². The fraction of sp³-hybridized carbons (Fsp3) is 0.419. The molecule has 7 heteroatoms. The van der Waals surface area contributed by atoms with Crippen LogP contribution in [0.1, 0.15) is 54.1 Å². The Hall–Kier alpha value is -3.58. The number of likely N-dealkylation sites (tertiary alicyclic amines) is 1. The second kappa shape index (κ2) is 10.7. The summed E-state index contributed by atoms with van der Waals surface area (Å²) < 4.78 is 13.2. The molecule has 198 valence electrons. The third kappa shape index (κ3) is 4.83. The van der Waals surface area contributed by atoms with Crippen molar-refractivity contribution in [1.82, 2.24) is 14.5 Å². The molecule has 2 aliphatic heterocycles. The van der Waals surface area contributed by atoms with E-state index in [1.807, 2.05) is 35.9 Å². The summed E-state index contributed by atoms with van der Waals surface area (Å²) in [4.78, 5) is 22.7. The highest BCUT2D eigenvalue weighted by atomic mass is 16.5. The summed E-state index contributed by atoms with van der Waals surface area (Å²) in [7, 11) is 1.68. The first-order valence-corrected chi connectivity index (χ1v) is 13.8. The van der Waals surface area contributed by atoms with Gasteiger partial charge in [0.2, 0.25) is 5.91 Å². The Bertz CT molecular complexity index is 1350. The lowest BCUT2D eigenvalue weighted by atomic mass is 9.85. The van der Waals surface area contributed by atoms with E-state index < -0.39 is 0 Å². The lowest BCUT2D eigenvalue weighted by Gasteiger charge is -2.39. The summed E-state index contributed by atoms with van der Waals surface area (Å²) in [6.07, 6.45) is 10.8. The Morgan fingerprint density at radius 1 is 1.05 bits per heavy atom. The molecule has 0 N–H and O–H groups in total. The Morgan fingerprint density at radius 2 is 1.92 bits per heavy atom. The van der Waals surface area contributed by atoms with E-state index in [4.69, 9.17) is 9.47 Å². The van der Waals surface area contributed by atoms with Crippen molar-refractivity contribution in [3.8, 4) is 11.4 Å². The van der Waals surface area contributed by atoms with Crippen LogP contribution in [0.25, 0.3) is 11.8 Å². The Balaban J connectivity index is 1.27. The number of carbonyl (C=O) groups is 1. The fourth-order valence-corrected chi connectivity index (χ4v) is 6.12. The van der Waals surface area contributed by atoms with Crippen LogP contribution in [0, 0.1) is 6.92 Å². The highest BCUT2D eigenvalue weighted by molar-refractivity contribution is 5.99. The summed E-state index contributed by atoms with van der Waals surface area (Å²) in [6, 6.07) is 13.1. The highest BCUT2D eigenvalue weighted by Crippen LogP contribution is 2.39. The monoisotopic (exact) mass is 512 g/mol. The minimum Gasteiger partial charge on any atom is -0.495 e. The molecule has 0 bridgehead atoms. The van der Waals surface area contributed by atoms with E-state index in [9.17, 15) is 4.79 Å². The number of anilines is 1. The van der Waals surface area contributed by atoms with Crippen molar-refractivity contribution in [2.75, 3.05) is 44.9 Å².